The molecule has 0 saturated carbocycles. The van der Waals surface area contributed by atoms with Crippen LogP contribution in [0.1, 0.15) is 38.2 Å². The van der Waals surface area contributed by atoms with E-state index in [4.69, 9.17) is 5.11 Å². The SMILES string of the molecule is CCCCc1ccc(N2CC(C(=O)O)CCC2=O)cc1. The third kappa shape index (κ3) is 3.38. The number of hydrogen-bond donors (Lipinski definition) is 1. The number of benzene rings is 1. The molecule has 1 N–H and O–H groups in total. The van der Waals surface area contributed by atoms with Gasteiger partial charge in [0.05, 0.1) is 5.92 Å². The number of carboxylic acid groups (broad SMARTS) is 1. The van der Waals surface area contributed by atoms with Gasteiger partial charge in [0, 0.05) is 18.7 Å². The Kier molecular flexibility index (Phi) is 4.77. The van der Waals surface area contributed by atoms with E-state index in [0.29, 0.717) is 12.8 Å². The largest absolute Gasteiger partial charge is 0.481 e. The van der Waals surface area contributed by atoms with E-state index in [-0.39, 0.29) is 12.5 Å². The summed E-state index contributed by atoms with van der Waals surface area (Å²) in [6.07, 6.45) is 4.12. The summed E-state index contributed by atoms with van der Waals surface area (Å²) in [4.78, 5) is 24.6. The molecule has 0 bridgehead atoms. The van der Waals surface area contributed by atoms with Gasteiger partial charge in [0.15, 0.2) is 0 Å². The molecule has 1 aliphatic rings. The highest BCUT2D eigenvalue weighted by atomic mass is 16.4. The lowest BCUT2D eigenvalue weighted by molar-refractivity contribution is -0.142. The van der Waals surface area contributed by atoms with E-state index in [1.807, 2.05) is 24.3 Å². The number of anilines is 1. The van der Waals surface area contributed by atoms with Crippen molar-refractivity contribution in [1.82, 2.24) is 0 Å². The van der Waals surface area contributed by atoms with E-state index in [9.17, 15) is 9.59 Å². The highest BCUT2D eigenvalue weighted by Crippen LogP contribution is 2.25. The number of hydrogen-bond acceptors (Lipinski definition) is 2. The van der Waals surface area contributed by atoms with Gasteiger partial charge in [-0.05, 0) is 37.0 Å². The number of rotatable bonds is 5. The van der Waals surface area contributed by atoms with E-state index >= 15 is 0 Å². The lowest BCUT2D eigenvalue weighted by atomic mass is 9.97. The van der Waals surface area contributed by atoms with E-state index in [0.717, 1.165) is 24.9 Å². The molecule has 0 aliphatic carbocycles. The van der Waals surface area contributed by atoms with Crippen molar-refractivity contribution in [3.05, 3.63) is 29.8 Å². The maximum absolute atomic E-state index is 12.0. The fourth-order valence-corrected chi connectivity index (χ4v) is 2.52. The average molecular weight is 275 g/mol. The summed E-state index contributed by atoms with van der Waals surface area (Å²) in [5.41, 5.74) is 2.07. The molecule has 108 valence electrons. The highest BCUT2D eigenvalue weighted by Gasteiger charge is 2.30. The molecule has 2 rings (SSSR count). The summed E-state index contributed by atoms with van der Waals surface area (Å²) in [5.74, 6) is -1.25. The number of nitrogens with zero attached hydrogens (tertiary/aromatic N) is 1. The summed E-state index contributed by atoms with van der Waals surface area (Å²) in [5, 5.41) is 9.09. The van der Waals surface area contributed by atoms with Crippen LogP contribution in [-0.4, -0.2) is 23.5 Å². The fourth-order valence-electron chi connectivity index (χ4n) is 2.52. The zero-order valence-corrected chi connectivity index (χ0v) is 11.8. The molecule has 0 spiro atoms. The summed E-state index contributed by atoms with van der Waals surface area (Å²) in [6.45, 7) is 2.44. The minimum atomic E-state index is -0.818. The van der Waals surface area contributed by atoms with Crippen LogP contribution >= 0.6 is 0 Å². The number of carboxylic acids is 1. The molecule has 0 radical (unpaired) electrons. The van der Waals surface area contributed by atoms with Crippen LogP contribution < -0.4 is 4.90 Å². The summed E-state index contributed by atoms with van der Waals surface area (Å²) in [6, 6.07) is 7.91. The number of carbonyl (C=O) groups is 2. The number of aliphatic carboxylic acids is 1. The first kappa shape index (κ1) is 14.6. The minimum absolute atomic E-state index is 0.0174. The van der Waals surface area contributed by atoms with Crippen LogP contribution in [0.15, 0.2) is 24.3 Å². The van der Waals surface area contributed by atoms with Gasteiger partial charge in [0.2, 0.25) is 5.91 Å². The van der Waals surface area contributed by atoms with Crippen LogP contribution in [0.3, 0.4) is 0 Å². The second-order valence-corrected chi connectivity index (χ2v) is 5.35. The second-order valence-electron chi connectivity index (χ2n) is 5.35. The summed E-state index contributed by atoms with van der Waals surface area (Å²) < 4.78 is 0. The zero-order chi connectivity index (χ0) is 14.5. The van der Waals surface area contributed by atoms with Gasteiger partial charge >= 0.3 is 5.97 Å². The van der Waals surface area contributed by atoms with Gasteiger partial charge in [-0.25, -0.2) is 0 Å². The normalized spacial score (nSPS) is 19.1. The minimum Gasteiger partial charge on any atom is -0.481 e. The van der Waals surface area contributed by atoms with Gasteiger partial charge in [0.1, 0.15) is 0 Å². The van der Waals surface area contributed by atoms with Gasteiger partial charge in [-0.3, -0.25) is 9.59 Å². The summed E-state index contributed by atoms with van der Waals surface area (Å²) >= 11 is 0. The first-order valence-electron chi connectivity index (χ1n) is 7.24. The second kappa shape index (κ2) is 6.55. The van der Waals surface area contributed by atoms with Crippen LogP contribution in [0.25, 0.3) is 0 Å². The molecule has 1 aromatic carbocycles. The Hall–Kier alpha value is -1.84. The standard InChI is InChI=1S/C16H21NO3/c1-2-3-4-12-5-8-14(9-6-12)17-11-13(16(19)20)7-10-15(17)18/h5-6,8-9,13H,2-4,7,10-11H2,1H3,(H,19,20). The quantitative estimate of drug-likeness (QED) is 0.899. The van der Waals surface area contributed by atoms with Crippen LogP contribution in [0.4, 0.5) is 5.69 Å². The maximum atomic E-state index is 12.0. The topological polar surface area (TPSA) is 57.6 Å². The van der Waals surface area contributed by atoms with Crippen molar-refractivity contribution in [2.24, 2.45) is 5.92 Å². The first-order valence-corrected chi connectivity index (χ1v) is 7.24. The maximum Gasteiger partial charge on any atom is 0.308 e. The third-order valence-corrected chi connectivity index (χ3v) is 3.83. The number of amides is 1. The van der Waals surface area contributed by atoms with E-state index in [1.165, 1.54) is 5.56 Å². The average Bonchev–Trinajstić information content (AvgIpc) is 2.46. The number of aryl methyl sites for hydroxylation is 1. The Morgan fingerprint density at radius 1 is 1.35 bits per heavy atom. The molecule has 4 heteroatoms. The van der Waals surface area contributed by atoms with Crippen molar-refractivity contribution in [2.45, 2.75) is 39.0 Å². The van der Waals surface area contributed by atoms with Crippen molar-refractivity contribution in [2.75, 3.05) is 11.4 Å². The molecule has 20 heavy (non-hydrogen) atoms. The first-order chi connectivity index (χ1) is 9.61. The molecular formula is C16H21NO3. The molecule has 0 aromatic heterocycles. The van der Waals surface area contributed by atoms with Gasteiger partial charge < -0.3 is 10.0 Å². The predicted molar refractivity (Wildman–Crippen MR) is 77.8 cm³/mol. The molecule has 1 heterocycles. The van der Waals surface area contributed by atoms with Gasteiger partial charge in [-0.1, -0.05) is 25.5 Å². The van der Waals surface area contributed by atoms with Crippen molar-refractivity contribution in [3.63, 3.8) is 0 Å². The number of piperidine rings is 1. The predicted octanol–water partition coefficient (Wildman–Crippen LogP) is 2.86. The lowest BCUT2D eigenvalue weighted by Crippen LogP contribution is -2.42. The zero-order valence-electron chi connectivity index (χ0n) is 11.8. The molecule has 1 aromatic rings. The van der Waals surface area contributed by atoms with Crippen LogP contribution in [0.5, 0.6) is 0 Å². The molecular weight excluding hydrogens is 254 g/mol. The van der Waals surface area contributed by atoms with Crippen molar-refractivity contribution in [3.8, 4) is 0 Å². The van der Waals surface area contributed by atoms with Crippen LogP contribution in [0.2, 0.25) is 0 Å². The smallest absolute Gasteiger partial charge is 0.308 e. The Balaban J connectivity index is 2.08. The Morgan fingerprint density at radius 2 is 2.05 bits per heavy atom. The lowest BCUT2D eigenvalue weighted by Gasteiger charge is -2.30. The van der Waals surface area contributed by atoms with Crippen LogP contribution in [-0.2, 0) is 16.0 Å². The summed E-state index contributed by atoms with van der Waals surface area (Å²) in [7, 11) is 0. The molecule has 4 nitrogen and oxygen atoms in total. The Labute approximate surface area is 119 Å². The van der Waals surface area contributed by atoms with E-state index in [1.54, 1.807) is 4.90 Å². The molecule has 1 amide bonds. The molecule has 1 aliphatic heterocycles. The fraction of sp³-hybridized carbons (Fsp3) is 0.500. The Morgan fingerprint density at radius 3 is 2.65 bits per heavy atom. The van der Waals surface area contributed by atoms with Crippen molar-refractivity contribution < 1.29 is 14.7 Å². The van der Waals surface area contributed by atoms with Gasteiger partial charge in [-0.2, -0.15) is 0 Å². The van der Waals surface area contributed by atoms with Crippen LogP contribution in [0, 0.1) is 5.92 Å². The molecule has 1 fully saturated rings. The van der Waals surface area contributed by atoms with Crippen molar-refractivity contribution >= 4 is 17.6 Å². The van der Waals surface area contributed by atoms with Gasteiger partial charge in [-0.15, -0.1) is 0 Å². The third-order valence-electron chi connectivity index (χ3n) is 3.83. The highest BCUT2D eigenvalue weighted by molar-refractivity contribution is 5.95. The Bertz CT molecular complexity index is 481. The van der Waals surface area contributed by atoms with E-state index in [2.05, 4.69) is 6.92 Å². The molecule has 1 unspecified atom stereocenters. The number of carbonyl (C=O) groups excluding carboxylic acids is 1. The van der Waals surface area contributed by atoms with E-state index < -0.39 is 11.9 Å². The monoisotopic (exact) mass is 275 g/mol. The van der Waals surface area contributed by atoms with Gasteiger partial charge in [0.25, 0.3) is 0 Å². The number of unbranched alkanes of at least 4 members (excludes halogenated alkanes) is 1. The molecule has 1 atom stereocenters. The van der Waals surface area contributed by atoms with Crippen molar-refractivity contribution in [1.29, 1.82) is 0 Å². The molecule has 1 saturated heterocycles.